The van der Waals surface area contributed by atoms with Crippen molar-refractivity contribution in [2.45, 2.75) is 165 Å². The summed E-state index contributed by atoms with van der Waals surface area (Å²) >= 11 is 2.49. The quantitative estimate of drug-likeness (QED) is 0.0340. The fraction of sp³-hybridized carbons (Fsp3) is 0.620. The van der Waals surface area contributed by atoms with Crippen LogP contribution in [0.1, 0.15) is 94.1 Å². The molecule has 3 aromatic rings. The molecule has 0 spiro atoms. The normalized spacial score (nSPS) is 18.8. The molecule has 4 rings (SSSR count). The zero-order chi connectivity index (χ0) is 47.0. The maximum Gasteiger partial charge on any atom is 0.508 e. The molecular formula is C50H79IO9Si3. The van der Waals surface area contributed by atoms with E-state index in [1.165, 1.54) is 10.4 Å². The molecule has 3 aromatic carbocycles. The van der Waals surface area contributed by atoms with E-state index < -0.39 is 43.3 Å². The molecule has 0 radical (unpaired) electrons. The standard InChI is InChI=1S/C50H79IO9Si3/c1-36(40(59-61(13,14)48(2,3)4)29-31-55-35-37-27-28-41(53-11)44(33-37)54-12)43-34-45(58-47(52)57-43)46(51)42(60-62(15,16)49(5,6)7)30-32-56-63(50(8,9)10,38-23-19-17-20-24-38)39-25-21-18-22-26-39/h17-28,33,36,40,42-43,45-46H,29-32,34-35H2,1-16H3/t36-,40+,42-,43-,45+,46+/m1/s1. The molecule has 13 heteroatoms. The van der Waals surface area contributed by atoms with Gasteiger partial charge in [0.05, 0.1) is 37.0 Å². The third-order valence-electron chi connectivity index (χ3n) is 13.7. The van der Waals surface area contributed by atoms with Crippen molar-refractivity contribution in [1.29, 1.82) is 0 Å². The van der Waals surface area contributed by atoms with Gasteiger partial charge in [0.25, 0.3) is 8.32 Å². The summed E-state index contributed by atoms with van der Waals surface area (Å²) in [4.78, 5) is 13.5. The van der Waals surface area contributed by atoms with Crippen LogP contribution in [0.15, 0.2) is 78.9 Å². The highest BCUT2D eigenvalue weighted by molar-refractivity contribution is 14.1. The van der Waals surface area contributed by atoms with E-state index in [0.29, 0.717) is 50.6 Å². The third-order valence-corrected chi connectivity index (χ3v) is 29.4. The Morgan fingerprint density at radius 1 is 0.667 bits per heavy atom. The highest BCUT2D eigenvalue weighted by atomic mass is 127. The van der Waals surface area contributed by atoms with Gasteiger partial charge in [-0.3, -0.25) is 0 Å². The topological polar surface area (TPSA) is 90.9 Å². The van der Waals surface area contributed by atoms with Gasteiger partial charge in [0.1, 0.15) is 12.2 Å². The smallest absolute Gasteiger partial charge is 0.493 e. The summed E-state index contributed by atoms with van der Waals surface area (Å²) in [6.07, 6.45) is -0.125. The minimum atomic E-state index is -2.79. The number of cyclic esters (lactones) is 2. The molecular weight excluding hydrogens is 956 g/mol. The van der Waals surface area contributed by atoms with Crippen LogP contribution in [0.3, 0.4) is 0 Å². The number of hydrogen-bond acceptors (Lipinski definition) is 9. The fourth-order valence-electron chi connectivity index (χ4n) is 7.87. The summed E-state index contributed by atoms with van der Waals surface area (Å²) in [6.45, 7) is 33.1. The zero-order valence-electron chi connectivity index (χ0n) is 41.3. The third kappa shape index (κ3) is 13.4. The van der Waals surface area contributed by atoms with E-state index in [1.807, 2.05) is 18.2 Å². The Kier molecular flexibility index (Phi) is 18.7. The first kappa shape index (κ1) is 53.4. The monoisotopic (exact) mass is 1030 g/mol. The van der Waals surface area contributed by atoms with Gasteiger partial charge in [0, 0.05) is 25.6 Å². The predicted octanol–water partition coefficient (Wildman–Crippen LogP) is 12.1. The van der Waals surface area contributed by atoms with Gasteiger partial charge in [-0.05, 0) is 82.2 Å². The minimum Gasteiger partial charge on any atom is -0.493 e. The number of rotatable bonds is 21. The minimum absolute atomic E-state index is 0.0154. The summed E-state index contributed by atoms with van der Waals surface area (Å²) in [5.74, 6) is 1.22. The predicted molar refractivity (Wildman–Crippen MR) is 273 cm³/mol. The van der Waals surface area contributed by atoms with E-state index in [9.17, 15) is 4.79 Å². The van der Waals surface area contributed by atoms with E-state index in [0.717, 1.165) is 5.56 Å². The number of carbonyl (C=O) groups is 1. The number of benzene rings is 3. The van der Waals surface area contributed by atoms with Crippen LogP contribution < -0.4 is 19.8 Å². The molecule has 0 unspecified atom stereocenters. The molecule has 0 amide bonds. The van der Waals surface area contributed by atoms with Gasteiger partial charge in [-0.1, -0.05) is 159 Å². The lowest BCUT2D eigenvalue weighted by Gasteiger charge is -2.45. The molecule has 0 N–H and O–H groups in total. The van der Waals surface area contributed by atoms with Gasteiger partial charge in [-0.2, -0.15) is 0 Å². The van der Waals surface area contributed by atoms with Crippen LogP contribution in [0.2, 0.25) is 41.3 Å². The lowest BCUT2D eigenvalue weighted by Crippen LogP contribution is -2.66. The first-order valence-electron chi connectivity index (χ1n) is 22.7. The Bertz CT molecular complexity index is 1840. The fourth-order valence-corrected chi connectivity index (χ4v) is 16.5. The molecule has 0 aliphatic carbocycles. The summed E-state index contributed by atoms with van der Waals surface area (Å²) in [5, 5.41) is 2.28. The number of hydrogen-bond donors (Lipinski definition) is 0. The second-order valence-corrected chi connectivity index (χ2v) is 36.5. The highest BCUT2D eigenvalue weighted by Gasteiger charge is 2.51. The van der Waals surface area contributed by atoms with Crippen molar-refractivity contribution < 1.29 is 41.8 Å². The SMILES string of the molecule is COc1ccc(COCC[C@H](O[Si](C)(C)C(C)(C)C)[C@@H](C)[C@H]2C[C@@H]([C@@H](I)[C@@H](CCO[Si](c3ccccc3)(c3ccccc3)C(C)(C)C)O[Si](C)(C)C(C)(C)C)OC(=O)O2)cc1OC. The molecule has 9 nitrogen and oxygen atoms in total. The van der Waals surface area contributed by atoms with Crippen LogP contribution in [0.5, 0.6) is 11.5 Å². The number of ether oxygens (including phenoxy) is 5. The van der Waals surface area contributed by atoms with Crippen molar-refractivity contribution >= 4 is 64.1 Å². The van der Waals surface area contributed by atoms with Crippen LogP contribution in [0.4, 0.5) is 4.79 Å². The second-order valence-electron chi connectivity index (χ2n) is 21.3. The molecule has 1 aliphatic rings. The van der Waals surface area contributed by atoms with E-state index in [-0.39, 0.29) is 37.2 Å². The Hall–Kier alpha value is -2.25. The van der Waals surface area contributed by atoms with E-state index in [4.69, 9.17) is 37.0 Å². The molecule has 1 fully saturated rings. The largest absolute Gasteiger partial charge is 0.508 e. The van der Waals surface area contributed by atoms with Gasteiger partial charge in [0.2, 0.25) is 0 Å². The van der Waals surface area contributed by atoms with Crippen molar-refractivity contribution in [2.75, 3.05) is 27.4 Å². The molecule has 352 valence electrons. The zero-order valence-corrected chi connectivity index (χ0v) is 46.4. The Balaban J connectivity index is 1.60. The van der Waals surface area contributed by atoms with Crippen LogP contribution >= 0.6 is 22.6 Å². The maximum atomic E-state index is 13.5. The Morgan fingerprint density at radius 2 is 1.16 bits per heavy atom. The van der Waals surface area contributed by atoms with Crippen molar-refractivity contribution in [3.8, 4) is 11.5 Å². The van der Waals surface area contributed by atoms with Gasteiger partial charge >= 0.3 is 6.16 Å². The molecule has 0 aromatic heterocycles. The summed E-state index contributed by atoms with van der Waals surface area (Å²) in [5.41, 5.74) is 0.989. The number of alkyl halides is 1. The van der Waals surface area contributed by atoms with Crippen LogP contribution in [0, 0.1) is 5.92 Å². The van der Waals surface area contributed by atoms with Crippen LogP contribution in [-0.2, 0) is 34.1 Å². The number of methoxy groups -OCH3 is 2. The number of halogens is 1. The first-order valence-corrected chi connectivity index (χ1v) is 31.7. The molecule has 6 atom stereocenters. The van der Waals surface area contributed by atoms with Crippen molar-refractivity contribution in [3.05, 3.63) is 84.4 Å². The van der Waals surface area contributed by atoms with E-state index >= 15 is 0 Å². The van der Waals surface area contributed by atoms with Crippen molar-refractivity contribution in [3.63, 3.8) is 0 Å². The van der Waals surface area contributed by atoms with Gasteiger partial charge in [0.15, 0.2) is 28.1 Å². The Labute approximate surface area is 397 Å². The lowest BCUT2D eigenvalue weighted by atomic mass is 9.90. The van der Waals surface area contributed by atoms with Gasteiger partial charge < -0.3 is 37.0 Å². The summed E-state index contributed by atoms with van der Waals surface area (Å²) < 4.78 is 51.2. The molecule has 1 aliphatic heterocycles. The molecule has 1 heterocycles. The molecule has 0 saturated carbocycles. The van der Waals surface area contributed by atoms with Crippen LogP contribution in [-0.4, -0.2) is 86.9 Å². The summed E-state index contributed by atoms with van der Waals surface area (Å²) in [7, 11) is -4.06. The first-order chi connectivity index (χ1) is 29.3. The Morgan fingerprint density at radius 3 is 1.65 bits per heavy atom. The second kappa shape index (κ2) is 22.0. The van der Waals surface area contributed by atoms with Crippen molar-refractivity contribution in [2.24, 2.45) is 5.92 Å². The van der Waals surface area contributed by atoms with E-state index in [2.05, 4.69) is 179 Å². The molecule has 63 heavy (non-hydrogen) atoms. The average Bonchev–Trinajstić information content (AvgIpc) is 3.21. The highest BCUT2D eigenvalue weighted by Crippen LogP contribution is 2.43. The van der Waals surface area contributed by atoms with Crippen molar-refractivity contribution in [1.82, 2.24) is 0 Å². The molecule has 1 saturated heterocycles. The average molecular weight is 1040 g/mol. The van der Waals surface area contributed by atoms with Crippen LogP contribution in [0.25, 0.3) is 0 Å². The lowest BCUT2D eigenvalue weighted by molar-refractivity contribution is -0.0983. The maximum absolute atomic E-state index is 13.5. The van der Waals surface area contributed by atoms with Gasteiger partial charge in [-0.15, -0.1) is 0 Å². The molecule has 0 bridgehead atoms. The van der Waals surface area contributed by atoms with Gasteiger partial charge in [-0.25, -0.2) is 4.79 Å². The summed E-state index contributed by atoms with van der Waals surface area (Å²) in [6, 6.07) is 27.3. The number of carbonyl (C=O) groups excluding carboxylic acids is 1. The van der Waals surface area contributed by atoms with E-state index in [1.54, 1.807) is 14.2 Å².